The first kappa shape index (κ1) is 13.5. The van der Waals surface area contributed by atoms with Crippen LogP contribution in [0.3, 0.4) is 0 Å². The van der Waals surface area contributed by atoms with Gasteiger partial charge in [0.15, 0.2) is 0 Å². The van der Waals surface area contributed by atoms with Gasteiger partial charge in [-0.3, -0.25) is 9.59 Å². The van der Waals surface area contributed by atoms with Crippen LogP contribution < -0.4 is 5.32 Å². The van der Waals surface area contributed by atoms with Crippen molar-refractivity contribution in [3.05, 3.63) is 27.1 Å². The molecule has 0 spiro atoms. The normalized spacial score (nSPS) is 16.8. The molecule has 0 unspecified atom stereocenters. The summed E-state index contributed by atoms with van der Waals surface area (Å²) in [5.41, 5.74) is -0.690. The Bertz CT molecular complexity index is 492. The summed E-state index contributed by atoms with van der Waals surface area (Å²) in [5, 5.41) is 11.9. The molecule has 96 valence electrons. The van der Waals surface area contributed by atoms with Crippen LogP contribution in [0.5, 0.6) is 0 Å². The number of nitrogens with one attached hydrogen (secondary N) is 1. The van der Waals surface area contributed by atoms with E-state index in [1.807, 2.05) is 6.07 Å². The number of aliphatic carboxylic acids is 1. The quantitative estimate of drug-likeness (QED) is 0.794. The second kappa shape index (κ2) is 5.01. The Kier molecular flexibility index (Phi) is 3.77. The number of carboxylic acid groups (broad SMARTS) is 1. The molecule has 18 heavy (non-hydrogen) atoms. The molecule has 2 rings (SSSR count). The third-order valence-corrected chi connectivity index (χ3v) is 4.57. The molecule has 6 heteroatoms. The van der Waals surface area contributed by atoms with Crippen LogP contribution in [0.25, 0.3) is 0 Å². The number of carboxylic acids is 1. The van der Waals surface area contributed by atoms with Crippen LogP contribution in [0.1, 0.15) is 19.3 Å². The zero-order valence-electron chi connectivity index (χ0n) is 9.37. The first-order chi connectivity index (χ1) is 8.47. The number of hydrogen-bond donors (Lipinski definition) is 2. The second-order valence-electron chi connectivity index (χ2n) is 4.29. The molecule has 1 aliphatic rings. The van der Waals surface area contributed by atoms with Crippen molar-refractivity contribution in [3.63, 3.8) is 0 Å². The van der Waals surface area contributed by atoms with Gasteiger partial charge in [-0.2, -0.15) is 0 Å². The van der Waals surface area contributed by atoms with Crippen molar-refractivity contribution in [2.75, 3.05) is 5.32 Å². The van der Waals surface area contributed by atoms with Gasteiger partial charge in [-0.1, -0.05) is 12.5 Å². The fraction of sp³-hybridized carbons (Fsp3) is 0.333. The van der Waals surface area contributed by atoms with Gasteiger partial charge in [-0.25, -0.2) is 0 Å². The summed E-state index contributed by atoms with van der Waals surface area (Å²) in [4.78, 5) is 23.3. The molecule has 1 aromatic rings. The van der Waals surface area contributed by atoms with Crippen LogP contribution in [0, 0.1) is 5.41 Å². The topological polar surface area (TPSA) is 66.4 Å². The molecule has 1 aromatic carbocycles. The lowest BCUT2D eigenvalue weighted by atomic mass is 9.68. The first-order valence-corrected chi connectivity index (χ1v) is 7.05. The molecule has 1 amide bonds. The minimum Gasteiger partial charge on any atom is -0.480 e. The smallest absolute Gasteiger partial charge is 0.319 e. The molecule has 4 nitrogen and oxygen atoms in total. The van der Waals surface area contributed by atoms with Gasteiger partial charge in [-0.15, -0.1) is 0 Å². The van der Waals surface area contributed by atoms with E-state index in [1.165, 1.54) is 0 Å². The van der Waals surface area contributed by atoms with Gasteiger partial charge in [0, 0.05) is 8.95 Å². The monoisotopic (exact) mass is 375 g/mol. The van der Waals surface area contributed by atoms with Crippen LogP contribution in [-0.2, 0) is 9.59 Å². The van der Waals surface area contributed by atoms with Crippen molar-refractivity contribution in [2.45, 2.75) is 19.3 Å². The van der Waals surface area contributed by atoms with Crippen LogP contribution in [-0.4, -0.2) is 17.0 Å². The molecular weight excluding hydrogens is 366 g/mol. The molecule has 0 aromatic heterocycles. The van der Waals surface area contributed by atoms with E-state index in [4.69, 9.17) is 0 Å². The maximum absolute atomic E-state index is 12.1. The Morgan fingerprint density at radius 1 is 1.22 bits per heavy atom. The molecule has 1 saturated carbocycles. The summed E-state index contributed by atoms with van der Waals surface area (Å²) in [6, 6.07) is 5.39. The largest absolute Gasteiger partial charge is 0.480 e. The van der Waals surface area contributed by atoms with Gasteiger partial charge in [0.05, 0.1) is 5.69 Å². The molecule has 2 N–H and O–H groups in total. The van der Waals surface area contributed by atoms with E-state index >= 15 is 0 Å². The van der Waals surface area contributed by atoms with Gasteiger partial charge >= 0.3 is 5.97 Å². The van der Waals surface area contributed by atoms with Gasteiger partial charge in [0.1, 0.15) is 5.41 Å². The van der Waals surface area contributed by atoms with E-state index in [2.05, 4.69) is 37.2 Å². The van der Waals surface area contributed by atoms with Crippen molar-refractivity contribution < 1.29 is 14.7 Å². The fourth-order valence-electron chi connectivity index (χ4n) is 1.92. The van der Waals surface area contributed by atoms with Gasteiger partial charge < -0.3 is 10.4 Å². The molecule has 0 bridgehead atoms. The Morgan fingerprint density at radius 2 is 1.78 bits per heavy atom. The highest BCUT2D eigenvalue weighted by Crippen LogP contribution is 2.43. The van der Waals surface area contributed by atoms with Crippen molar-refractivity contribution >= 4 is 49.4 Å². The lowest BCUT2D eigenvalue weighted by molar-refractivity contribution is -0.159. The number of hydrogen-bond acceptors (Lipinski definition) is 2. The number of rotatable bonds is 3. The third kappa shape index (κ3) is 2.19. The highest BCUT2D eigenvalue weighted by atomic mass is 79.9. The number of carbonyl (C=O) groups is 2. The van der Waals surface area contributed by atoms with Gasteiger partial charge in [-0.05, 0) is 56.8 Å². The Labute approximate surface area is 121 Å². The summed E-state index contributed by atoms with van der Waals surface area (Å²) < 4.78 is 1.43. The first-order valence-electron chi connectivity index (χ1n) is 5.46. The number of carbonyl (C=O) groups excluding carboxylic acids is 1. The zero-order valence-corrected chi connectivity index (χ0v) is 12.5. The SMILES string of the molecule is O=C(O)C1(C(=O)Nc2c(Br)cccc2Br)CCC1. The van der Waals surface area contributed by atoms with Gasteiger partial charge in [0.25, 0.3) is 0 Å². The van der Waals surface area contributed by atoms with Crippen LogP contribution in [0.15, 0.2) is 27.1 Å². The molecule has 0 atom stereocenters. The van der Waals surface area contributed by atoms with Crippen LogP contribution in [0.2, 0.25) is 0 Å². The number of amides is 1. The summed E-state index contributed by atoms with van der Waals surface area (Å²) in [6.45, 7) is 0. The fourth-order valence-corrected chi connectivity index (χ4v) is 3.12. The van der Waals surface area contributed by atoms with E-state index < -0.39 is 17.3 Å². The average Bonchev–Trinajstić information content (AvgIpc) is 2.21. The predicted molar refractivity (Wildman–Crippen MR) is 74.4 cm³/mol. The molecule has 0 saturated heterocycles. The molecule has 1 aliphatic carbocycles. The summed E-state index contributed by atoms with van der Waals surface area (Å²) in [6.07, 6.45) is 1.57. The maximum atomic E-state index is 12.1. The third-order valence-electron chi connectivity index (χ3n) is 3.25. The standard InChI is InChI=1S/C12H11Br2NO3/c13-7-3-1-4-8(14)9(7)15-10(16)12(11(17)18)5-2-6-12/h1,3-4H,2,5-6H2,(H,15,16)(H,17,18). The minimum absolute atomic E-state index is 0.399. The molecule has 0 heterocycles. The zero-order chi connectivity index (χ0) is 13.3. The molecule has 0 aliphatic heterocycles. The van der Waals surface area contributed by atoms with Gasteiger partial charge in [0.2, 0.25) is 5.91 Å². The van der Waals surface area contributed by atoms with E-state index in [1.54, 1.807) is 12.1 Å². The second-order valence-corrected chi connectivity index (χ2v) is 6.00. The van der Waals surface area contributed by atoms with E-state index in [-0.39, 0.29) is 0 Å². The van der Waals surface area contributed by atoms with E-state index in [9.17, 15) is 14.7 Å². The van der Waals surface area contributed by atoms with Crippen molar-refractivity contribution in [1.29, 1.82) is 0 Å². The Hall–Kier alpha value is -0.880. The molecule has 1 fully saturated rings. The average molecular weight is 377 g/mol. The predicted octanol–water partition coefficient (Wildman–Crippen LogP) is 3.41. The van der Waals surface area contributed by atoms with Crippen LogP contribution >= 0.6 is 31.9 Å². The number of benzene rings is 1. The lowest BCUT2D eigenvalue weighted by Crippen LogP contribution is -2.48. The highest BCUT2D eigenvalue weighted by Gasteiger charge is 2.51. The molecular formula is C12H11Br2NO3. The van der Waals surface area contributed by atoms with Crippen molar-refractivity contribution in [3.8, 4) is 0 Å². The highest BCUT2D eigenvalue weighted by molar-refractivity contribution is 9.11. The summed E-state index contributed by atoms with van der Waals surface area (Å²) in [7, 11) is 0. The lowest BCUT2D eigenvalue weighted by Gasteiger charge is -2.35. The summed E-state index contributed by atoms with van der Waals surface area (Å²) >= 11 is 6.65. The van der Waals surface area contributed by atoms with Crippen molar-refractivity contribution in [1.82, 2.24) is 0 Å². The van der Waals surface area contributed by atoms with Crippen LogP contribution in [0.4, 0.5) is 5.69 Å². The molecule has 0 radical (unpaired) electrons. The van der Waals surface area contributed by atoms with E-state index in [0.717, 1.165) is 6.42 Å². The summed E-state index contributed by atoms with van der Waals surface area (Å²) in [5.74, 6) is -1.50. The minimum atomic E-state index is -1.26. The number of para-hydroxylation sites is 1. The number of halogens is 2. The Morgan fingerprint density at radius 3 is 2.17 bits per heavy atom. The maximum Gasteiger partial charge on any atom is 0.319 e. The Balaban J connectivity index is 2.24. The van der Waals surface area contributed by atoms with Crippen molar-refractivity contribution in [2.24, 2.45) is 5.41 Å². The number of anilines is 1. The van der Waals surface area contributed by atoms with E-state index in [0.29, 0.717) is 27.5 Å².